The van der Waals surface area contributed by atoms with Crippen molar-refractivity contribution in [3.05, 3.63) is 78.6 Å². The Morgan fingerprint density at radius 2 is 1.66 bits per heavy atom. The molecule has 5 N–H and O–H groups in total. The molecule has 1 saturated carbocycles. The minimum atomic E-state index is -4.21. The Kier molecular flexibility index (Phi) is 16.8. The molecule has 2 aliphatic rings. The number of benzene rings is 1. The van der Waals surface area contributed by atoms with Crippen LogP contribution in [-0.4, -0.2) is 108 Å². The van der Waals surface area contributed by atoms with Crippen molar-refractivity contribution >= 4 is 23.6 Å². The standard InChI is InChI=1S/C39H54F2N6O6/c1-2-10-31(45-37(51)33(26-29-13-7-4-8-14-29)44-34(48)17-16-30-15-9-18-42-27-30)36(50)46-32(25-28-11-5-3-6-12-28)35(49)39(40,41)38(52)43-19-20-47-21-23-53-24-22-47/h2,4,7-9,13-15,18,27-28,31-33,35,49H,1,3,5-6,10-12,16-17,19-26H2,(H,43,52)(H,44,48)(H,45,51)(H,46,50)/t31-,32-,33?,35?/m0/s1. The fraction of sp³-hybridized carbons (Fsp3) is 0.564. The van der Waals surface area contributed by atoms with Gasteiger partial charge in [0.2, 0.25) is 17.7 Å². The SMILES string of the molecule is C=CC[C@H](NC(=O)C(Cc1ccccc1)NC(=O)CCc1cccnc1)C(=O)N[C@@H](CC1CCCCC1)C(O)C(F)(F)C(=O)NCCN1CCOCC1. The van der Waals surface area contributed by atoms with E-state index in [1.807, 2.05) is 29.2 Å². The third kappa shape index (κ3) is 13.6. The monoisotopic (exact) mass is 740 g/mol. The van der Waals surface area contributed by atoms with Crippen molar-refractivity contribution in [3.8, 4) is 0 Å². The fourth-order valence-electron chi connectivity index (χ4n) is 6.79. The van der Waals surface area contributed by atoms with Crippen LogP contribution in [0.5, 0.6) is 0 Å². The van der Waals surface area contributed by atoms with Gasteiger partial charge in [0.15, 0.2) is 0 Å². The summed E-state index contributed by atoms with van der Waals surface area (Å²) in [6.45, 7) is 6.29. The molecule has 1 aliphatic carbocycles. The molecule has 4 amide bonds. The third-order valence-electron chi connectivity index (χ3n) is 9.85. The number of aromatic nitrogens is 1. The number of carbonyl (C=O) groups excluding carboxylic acids is 4. The van der Waals surface area contributed by atoms with Crippen LogP contribution in [0, 0.1) is 5.92 Å². The first-order valence-corrected chi connectivity index (χ1v) is 18.6. The number of pyridine rings is 1. The van der Waals surface area contributed by atoms with E-state index in [-0.39, 0.29) is 44.1 Å². The van der Waals surface area contributed by atoms with Gasteiger partial charge in [0.25, 0.3) is 5.91 Å². The molecule has 4 rings (SSSR count). The van der Waals surface area contributed by atoms with Crippen molar-refractivity contribution in [2.45, 2.75) is 94.4 Å². The highest BCUT2D eigenvalue weighted by atomic mass is 19.3. The van der Waals surface area contributed by atoms with Crippen LogP contribution >= 0.6 is 0 Å². The summed E-state index contributed by atoms with van der Waals surface area (Å²) < 4.78 is 36.5. The van der Waals surface area contributed by atoms with Gasteiger partial charge in [-0.2, -0.15) is 8.78 Å². The van der Waals surface area contributed by atoms with Crippen LogP contribution in [-0.2, 0) is 36.8 Å². The Bertz CT molecular complexity index is 1460. The molecule has 2 heterocycles. The van der Waals surface area contributed by atoms with E-state index >= 15 is 8.78 Å². The molecule has 0 radical (unpaired) electrons. The average molecular weight is 741 g/mol. The van der Waals surface area contributed by atoms with Crippen molar-refractivity contribution in [2.24, 2.45) is 5.92 Å². The summed E-state index contributed by atoms with van der Waals surface area (Å²) in [6.07, 6.45) is 7.05. The highest BCUT2D eigenvalue weighted by Crippen LogP contribution is 2.31. The quantitative estimate of drug-likeness (QED) is 0.130. The van der Waals surface area contributed by atoms with Gasteiger partial charge in [0.1, 0.15) is 18.2 Å². The zero-order chi connectivity index (χ0) is 38.1. The fourth-order valence-corrected chi connectivity index (χ4v) is 6.79. The highest BCUT2D eigenvalue weighted by Gasteiger charge is 2.51. The molecule has 53 heavy (non-hydrogen) atoms. The predicted octanol–water partition coefficient (Wildman–Crippen LogP) is 2.70. The maximum absolute atomic E-state index is 15.6. The van der Waals surface area contributed by atoms with Crippen LogP contribution in [0.2, 0.25) is 0 Å². The average Bonchev–Trinajstić information content (AvgIpc) is 3.17. The number of morpholine rings is 1. The second-order valence-electron chi connectivity index (χ2n) is 13.9. The molecule has 4 atom stereocenters. The second-order valence-corrected chi connectivity index (χ2v) is 13.9. The Balaban J connectivity index is 1.45. The molecule has 1 aliphatic heterocycles. The van der Waals surface area contributed by atoms with Gasteiger partial charge in [-0.25, -0.2) is 0 Å². The Morgan fingerprint density at radius 3 is 2.34 bits per heavy atom. The lowest BCUT2D eigenvalue weighted by molar-refractivity contribution is -0.168. The molecule has 0 spiro atoms. The number of aliphatic hydroxyl groups excluding tert-OH is 1. The minimum absolute atomic E-state index is 0.0297. The van der Waals surface area contributed by atoms with Crippen molar-refractivity contribution in [1.29, 1.82) is 0 Å². The van der Waals surface area contributed by atoms with E-state index in [4.69, 9.17) is 4.74 Å². The number of aliphatic hydroxyl groups is 1. The van der Waals surface area contributed by atoms with Gasteiger partial charge in [-0.1, -0.05) is 74.6 Å². The first-order chi connectivity index (χ1) is 25.6. The van der Waals surface area contributed by atoms with E-state index in [2.05, 4.69) is 32.8 Å². The highest BCUT2D eigenvalue weighted by molar-refractivity contribution is 5.92. The number of carbonyl (C=O) groups is 4. The van der Waals surface area contributed by atoms with Crippen LogP contribution in [0.1, 0.15) is 62.5 Å². The van der Waals surface area contributed by atoms with E-state index in [9.17, 15) is 24.3 Å². The summed E-state index contributed by atoms with van der Waals surface area (Å²) >= 11 is 0. The summed E-state index contributed by atoms with van der Waals surface area (Å²) in [6, 6.07) is 8.87. The topological polar surface area (TPSA) is 162 Å². The number of alkyl halides is 2. The van der Waals surface area contributed by atoms with Crippen LogP contribution in [0.3, 0.4) is 0 Å². The number of aryl methyl sites for hydroxylation is 1. The Labute approximate surface area is 310 Å². The first-order valence-electron chi connectivity index (χ1n) is 18.6. The second kappa shape index (κ2) is 21.4. The molecule has 12 nitrogen and oxygen atoms in total. The van der Waals surface area contributed by atoms with Crippen LogP contribution < -0.4 is 21.3 Å². The minimum Gasteiger partial charge on any atom is -0.384 e. The zero-order valence-corrected chi connectivity index (χ0v) is 30.3. The van der Waals surface area contributed by atoms with E-state index < -0.39 is 47.9 Å². The number of hydrogen-bond acceptors (Lipinski definition) is 8. The van der Waals surface area contributed by atoms with Crippen molar-refractivity contribution in [1.82, 2.24) is 31.2 Å². The van der Waals surface area contributed by atoms with Gasteiger partial charge in [-0.3, -0.25) is 29.1 Å². The van der Waals surface area contributed by atoms with E-state index in [1.165, 1.54) is 6.08 Å². The Hall–Kier alpha value is -4.27. The lowest BCUT2D eigenvalue weighted by Gasteiger charge is -2.34. The largest absolute Gasteiger partial charge is 0.384 e. The maximum atomic E-state index is 15.6. The summed E-state index contributed by atoms with van der Waals surface area (Å²) in [7, 11) is 0. The lowest BCUT2D eigenvalue weighted by atomic mass is 9.82. The lowest BCUT2D eigenvalue weighted by Crippen LogP contribution is -2.61. The number of hydrogen-bond donors (Lipinski definition) is 5. The van der Waals surface area contributed by atoms with Gasteiger partial charge in [0.05, 0.1) is 19.3 Å². The zero-order valence-electron chi connectivity index (χ0n) is 30.3. The van der Waals surface area contributed by atoms with Gasteiger partial charge in [-0.15, -0.1) is 6.58 Å². The first kappa shape index (κ1) is 41.5. The molecule has 2 aromatic rings. The van der Waals surface area contributed by atoms with Crippen molar-refractivity contribution in [2.75, 3.05) is 39.4 Å². The number of nitrogens with one attached hydrogen (secondary N) is 4. The summed E-state index contributed by atoms with van der Waals surface area (Å²) in [4.78, 5) is 59.4. The molecule has 1 saturated heterocycles. The molecule has 2 unspecified atom stereocenters. The number of ether oxygens (including phenoxy) is 1. The van der Waals surface area contributed by atoms with Gasteiger partial charge < -0.3 is 31.1 Å². The van der Waals surface area contributed by atoms with Crippen molar-refractivity contribution in [3.63, 3.8) is 0 Å². The third-order valence-corrected chi connectivity index (χ3v) is 9.85. The molecule has 0 bridgehead atoms. The molecule has 1 aromatic carbocycles. The van der Waals surface area contributed by atoms with Crippen LogP contribution in [0.25, 0.3) is 0 Å². The van der Waals surface area contributed by atoms with E-state index in [0.29, 0.717) is 39.3 Å². The number of halogens is 2. The summed E-state index contributed by atoms with van der Waals surface area (Å²) in [5, 5.41) is 21.4. The molecular formula is C39H54F2N6O6. The summed E-state index contributed by atoms with van der Waals surface area (Å²) in [5.41, 5.74) is 1.63. The molecule has 14 heteroatoms. The molecule has 290 valence electrons. The maximum Gasteiger partial charge on any atom is 0.351 e. The van der Waals surface area contributed by atoms with E-state index in [1.54, 1.807) is 30.6 Å². The number of amides is 4. The van der Waals surface area contributed by atoms with E-state index in [0.717, 1.165) is 43.2 Å². The Morgan fingerprint density at radius 1 is 0.962 bits per heavy atom. The normalized spacial score (nSPS) is 17.8. The molecule has 1 aromatic heterocycles. The predicted molar refractivity (Wildman–Crippen MR) is 196 cm³/mol. The summed E-state index contributed by atoms with van der Waals surface area (Å²) in [5.74, 6) is -7.73. The van der Waals surface area contributed by atoms with Crippen molar-refractivity contribution < 1.29 is 37.8 Å². The van der Waals surface area contributed by atoms with Gasteiger partial charge in [-0.05, 0) is 42.4 Å². The van der Waals surface area contributed by atoms with Crippen LogP contribution in [0.15, 0.2) is 67.5 Å². The molecule has 2 fully saturated rings. The van der Waals surface area contributed by atoms with Gasteiger partial charge >= 0.3 is 5.92 Å². The van der Waals surface area contributed by atoms with Crippen LogP contribution in [0.4, 0.5) is 8.78 Å². The molecular weight excluding hydrogens is 686 g/mol. The number of rotatable bonds is 20. The van der Waals surface area contributed by atoms with Gasteiger partial charge in [0, 0.05) is 51.4 Å². The smallest absolute Gasteiger partial charge is 0.351 e. The number of nitrogens with zero attached hydrogens (tertiary/aromatic N) is 2.